The number of rotatable bonds is 9. The van der Waals surface area contributed by atoms with Crippen molar-refractivity contribution in [2.24, 2.45) is 0 Å². The average molecular weight is 475 g/mol. The summed E-state index contributed by atoms with van der Waals surface area (Å²) in [4.78, 5) is 12.0. The summed E-state index contributed by atoms with van der Waals surface area (Å²) < 4.78 is 53.4. The summed E-state index contributed by atoms with van der Waals surface area (Å²) in [7, 11) is 1.57. The van der Waals surface area contributed by atoms with E-state index in [0.29, 0.717) is 45.7 Å². The molecule has 4 aromatic rings. The van der Waals surface area contributed by atoms with Crippen molar-refractivity contribution >= 4 is 22.8 Å². The van der Waals surface area contributed by atoms with Crippen LogP contribution in [0.5, 0.6) is 17.2 Å². The first kappa shape index (κ1) is 22.8. The number of fused-ring (bicyclic) bond motifs is 1. The fourth-order valence-corrected chi connectivity index (χ4v) is 3.87. The summed E-state index contributed by atoms with van der Waals surface area (Å²) in [5, 5.41) is 0.594. The highest BCUT2D eigenvalue weighted by Crippen LogP contribution is 2.34. The number of hydrogen-bond donors (Lipinski definition) is 1. The molecule has 2 aromatic carbocycles. The summed E-state index contributed by atoms with van der Waals surface area (Å²) in [6.45, 7) is -0.979. The lowest BCUT2D eigenvalue weighted by atomic mass is 10.2. The number of benzene rings is 2. The molecule has 10 heteroatoms. The molecule has 0 saturated heterocycles. The molecular weight excluding hydrogens is 455 g/mol. The van der Waals surface area contributed by atoms with Gasteiger partial charge in [0, 0.05) is 24.1 Å². The first-order chi connectivity index (χ1) is 15.9. The van der Waals surface area contributed by atoms with E-state index in [0.717, 1.165) is 5.56 Å². The molecule has 2 heterocycles. The molecule has 1 N–H and O–H groups in total. The van der Waals surface area contributed by atoms with Gasteiger partial charge in [-0.3, -0.25) is 4.98 Å². The van der Waals surface area contributed by atoms with Crippen LogP contribution in [0.25, 0.3) is 11.0 Å². The lowest BCUT2D eigenvalue weighted by Crippen LogP contribution is -2.19. The molecule has 0 radical (unpaired) electrons. The van der Waals surface area contributed by atoms with Crippen molar-refractivity contribution < 1.29 is 27.4 Å². The Labute approximate surface area is 192 Å². The van der Waals surface area contributed by atoms with Gasteiger partial charge in [0.05, 0.1) is 23.8 Å². The number of imidazole rings is 1. The summed E-state index contributed by atoms with van der Waals surface area (Å²) >= 11 is 1.39. The van der Waals surface area contributed by atoms with Crippen LogP contribution < -0.4 is 14.2 Å². The van der Waals surface area contributed by atoms with Crippen molar-refractivity contribution in [2.75, 3.05) is 13.7 Å². The maximum Gasteiger partial charge on any atom is 0.422 e. The molecule has 0 unspecified atom stereocenters. The lowest BCUT2D eigenvalue weighted by Gasteiger charge is -2.14. The lowest BCUT2D eigenvalue weighted by molar-refractivity contribution is -0.153. The van der Waals surface area contributed by atoms with Gasteiger partial charge >= 0.3 is 6.18 Å². The molecule has 6 nitrogen and oxygen atoms in total. The van der Waals surface area contributed by atoms with E-state index in [1.165, 1.54) is 23.9 Å². The van der Waals surface area contributed by atoms with E-state index >= 15 is 0 Å². The smallest absolute Gasteiger partial charge is 0.422 e. The van der Waals surface area contributed by atoms with E-state index in [-0.39, 0.29) is 5.75 Å². The standard InChI is InChI=1S/C23H20F3N3O3S/c1-30-20-9-10-27-19(21(20)31-12-15-5-3-2-4-6-15)13-33-22-28-17-8-7-16(11-18(17)29-22)32-14-23(24,25)26/h2-11H,12-14H2,1H3,(H,28,29). The molecule has 0 fully saturated rings. The molecule has 0 amide bonds. The molecule has 0 saturated carbocycles. The normalized spacial score (nSPS) is 11.5. The minimum Gasteiger partial charge on any atom is -0.493 e. The van der Waals surface area contributed by atoms with Gasteiger partial charge in [-0.25, -0.2) is 4.98 Å². The van der Waals surface area contributed by atoms with Gasteiger partial charge in [-0.2, -0.15) is 13.2 Å². The molecule has 0 bridgehead atoms. The van der Waals surface area contributed by atoms with E-state index < -0.39 is 12.8 Å². The van der Waals surface area contributed by atoms with Crippen LogP contribution in [0.15, 0.2) is 66.0 Å². The number of nitrogens with zero attached hydrogens (tertiary/aromatic N) is 2. The van der Waals surface area contributed by atoms with Crippen molar-refractivity contribution in [3.05, 3.63) is 72.1 Å². The summed E-state index contributed by atoms with van der Waals surface area (Å²) in [5.74, 6) is 1.69. The van der Waals surface area contributed by atoms with Crippen LogP contribution in [-0.2, 0) is 12.4 Å². The Morgan fingerprint density at radius 1 is 1.03 bits per heavy atom. The van der Waals surface area contributed by atoms with Crippen LogP contribution in [0.1, 0.15) is 11.3 Å². The Hall–Kier alpha value is -3.40. The largest absolute Gasteiger partial charge is 0.493 e. The quantitative estimate of drug-likeness (QED) is 0.310. The van der Waals surface area contributed by atoms with Gasteiger partial charge in [-0.1, -0.05) is 42.1 Å². The fourth-order valence-electron chi connectivity index (χ4n) is 3.04. The van der Waals surface area contributed by atoms with Crippen molar-refractivity contribution in [1.29, 1.82) is 0 Å². The van der Waals surface area contributed by atoms with Crippen molar-refractivity contribution in [1.82, 2.24) is 15.0 Å². The second-order valence-corrected chi connectivity index (χ2v) is 7.94. The van der Waals surface area contributed by atoms with Crippen LogP contribution in [0.2, 0.25) is 0 Å². The molecule has 33 heavy (non-hydrogen) atoms. The Kier molecular flexibility index (Phi) is 6.93. The predicted octanol–water partition coefficient (Wildman–Crippen LogP) is 5.78. The number of hydrogen-bond acceptors (Lipinski definition) is 6. The maximum atomic E-state index is 12.4. The highest BCUT2D eigenvalue weighted by atomic mass is 32.2. The van der Waals surface area contributed by atoms with Crippen LogP contribution in [0.3, 0.4) is 0 Å². The molecule has 4 rings (SSSR count). The zero-order chi connectivity index (χ0) is 23.3. The monoisotopic (exact) mass is 475 g/mol. The number of halogens is 3. The first-order valence-corrected chi connectivity index (χ1v) is 10.9. The molecule has 2 aromatic heterocycles. The van der Waals surface area contributed by atoms with Crippen LogP contribution in [0, 0.1) is 0 Å². The minimum absolute atomic E-state index is 0.117. The van der Waals surface area contributed by atoms with Crippen molar-refractivity contribution in [3.8, 4) is 17.2 Å². The summed E-state index contributed by atoms with van der Waals surface area (Å²) in [6, 6.07) is 16.1. The average Bonchev–Trinajstić information content (AvgIpc) is 3.22. The highest BCUT2D eigenvalue weighted by Gasteiger charge is 2.28. The van der Waals surface area contributed by atoms with Gasteiger partial charge in [0.1, 0.15) is 12.4 Å². The Morgan fingerprint density at radius 2 is 1.85 bits per heavy atom. The summed E-state index contributed by atoms with van der Waals surface area (Å²) in [5.41, 5.74) is 2.90. The second-order valence-electron chi connectivity index (χ2n) is 6.98. The third-order valence-electron chi connectivity index (χ3n) is 4.57. The number of H-pyrrole nitrogens is 1. The van der Waals surface area contributed by atoms with Crippen LogP contribution >= 0.6 is 11.8 Å². The first-order valence-electron chi connectivity index (χ1n) is 9.92. The van der Waals surface area contributed by atoms with Gasteiger partial charge in [0.25, 0.3) is 0 Å². The SMILES string of the molecule is COc1ccnc(CSc2nc3ccc(OCC(F)(F)F)cc3[nH]2)c1OCc1ccccc1. The van der Waals surface area contributed by atoms with E-state index in [4.69, 9.17) is 14.2 Å². The number of alkyl halides is 3. The van der Waals surface area contributed by atoms with Gasteiger partial charge in [0.15, 0.2) is 23.3 Å². The molecule has 0 aliphatic rings. The summed E-state index contributed by atoms with van der Waals surface area (Å²) in [6.07, 6.45) is -2.75. The number of nitrogens with one attached hydrogen (secondary N) is 1. The van der Waals surface area contributed by atoms with Gasteiger partial charge in [-0.15, -0.1) is 0 Å². The molecule has 0 aliphatic heterocycles. The maximum absolute atomic E-state index is 12.4. The Morgan fingerprint density at radius 3 is 2.61 bits per heavy atom. The number of ether oxygens (including phenoxy) is 3. The fraction of sp³-hybridized carbons (Fsp3) is 0.217. The second kappa shape index (κ2) is 10.0. The third-order valence-corrected chi connectivity index (χ3v) is 5.45. The number of aromatic nitrogens is 3. The number of pyridine rings is 1. The van der Waals surface area contributed by atoms with Crippen LogP contribution in [0.4, 0.5) is 13.2 Å². The zero-order valence-corrected chi connectivity index (χ0v) is 18.4. The molecular formula is C23H20F3N3O3S. The Bertz CT molecular complexity index is 1220. The van der Waals surface area contributed by atoms with Crippen molar-refractivity contribution in [3.63, 3.8) is 0 Å². The number of thioether (sulfide) groups is 1. The topological polar surface area (TPSA) is 69.3 Å². The number of methoxy groups -OCH3 is 1. The van der Waals surface area contributed by atoms with Gasteiger partial charge in [0.2, 0.25) is 0 Å². The van der Waals surface area contributed by atoms with Crippen LogP contribution in [-0.4, -0.2) is 34.8 Å². The molecule has 0 spiro atoms. The van der Waals surface area contributed by atoms with E-state index in [2.05, 4.69) is 15.0 Å². The molecule has 0 atom stereocenters. The predicted molar refractivity (Wildman–Crippen MR) is 119 cm³/mol. The third kappa shape index (κ3) is 6.10. The molecule has 172 valence electrons. The van der Waals surface area contributed by atoms with Gasteiger partial charge < -0.3 is 19.2 Å². The van der Waals surface area contributed by atoms with Crippen molar-refractivity contribution in [2.45, 2.75) is 23.7 Å². The zero-order valence-electron chi connectivity index (χ0n) is 17.6. The van der Waals surface area contributed by atoms with E-state index in [9.17, 15) is 13.2 Å². The number of aromatic amines is 1. The van der Waals surface area contributed by atoms with E-state index in [1.54, 1.807) is 25.4 Å². The molecule has 0 aliphatic carbocycles. The highest BCUT2D eigenvalue weighted by molar-refractivity contribution is 7.98. The van der Waals surface area contributed by atoms with Gasteiger partial charge in [-0.05, 0) is 17.7 Å². The Balaban J connectivity index is 1.47. The minimum atomic E-state index is -4.39. The van der Waals surface area contributed by atoms with E-state index in [1.807, 2.05) is 30.3 Å².